The van der Waals surface area contributed by atoms with E-state index in [4.69, 9.17) is 42.1 Å². The van der Waals surface area contributed by atoms with Crippen molar-refractivity contribution >= 4 is 59.1 Å². The Morgan fingerprint density at radius 1 is 0.600 bits per heavy atom. The van der Waals surface area contributed by atoms with E-state index < -0.39 is 72.4 Å². The van der Waals surface area contributed by atoms with Crippen LogP contribution in [0.25, 0.3) is 0 Å². The first-order valence-corrected chi connectivity index (χ1v) is 12.5. The highest BCUT2D eigenvalue weighted by Gasteiger charge is 2.58. The highest BCUT2D eigenvalue weighted by Crippen LogP contribution is 2.31. The zero-order valence-corrected chi connectivity index (χ0v) is 23.2. The number of carbonyl (C=O) groups excluding carboxylic acids is 6. The van der Waals surface area contributed by atoms with E-state index in [1.54, 1.807) is 0 Å². The van der Waals surface area contributed by atoms with Crippen LogP contribution in [0.2, 0.25) is 0 Å². The SMILES string of the molecule is CC(=O)OC1C(NC(=O)N(CCCl)N=O)C(OC(C)=O)C(OC(C)=O)C(NC(=O)N(CCCl)N=O)C1OC(C)=O. The third kappa shape index (κ3) is 9.74. The number of amides is 4. The van der Waals surface area contributed by atoms with Gasteiger partial charge in [0.1, 0.15) is 12.1 Å². The van der Waals surface area contributed by atoms with Crippen LogP contribution in [0.15, 0.2) is 10.6 Å². The fourth-order valence-corrected chi connectivity index (χ4v) is 4.12. The topological polar surface area (TPSA) is 229 Å². The van der Waals surface area contributed by atoms with Gasteiger partial charge in [-0.3, -0.25) is 19.2 Å². The number of ether oxygens (including phenoxy) is 4. The van der Waals surface area contributed by atoms with Crippen LogP contribution in [0.1, 0.15) is 27.7 Å². The summed E-state index contributed by atoms with van der Waals surface area (Å²) in [7, 11) is 0. The van der Waals surface area contributed by atoms with E-state index in [0.717, 1.165) is 27.7 Å². The summed E-state index contributed by atoms with van der Waals surface area (Å²) in [6.07, 6.45) is -6.99. The van der Waals surface area contributed by atoms with Gasteiger partial charge in [-0.25, -0.2) is 9.59 Å². The average Bonchev–Trinajstić information content (AvgIpc) is 2.85. The van der Waals surface area contributed by atoms with E-state index in [1.807, 2.05) is 0 Å². The third-order valence-corrected chi connectivity index (χ3v) is 5.45. The Hall–Kier alpha value is -3.80. The molecular formula is C20H28Cl2N6O12. The maximum absolute atomic E-state index is 12.8. The molecular weight excluding hydrogens is 587 g/mol. The molecule has 40 heavy (non-hydrogen) atoms. The summed E-state index contributed by atoms with van der Waals surface area (Å²) >= 11 is 11.2. The molecule has 0 aromatic rings. The summed E-state index contributed by atoms with van der Waals surface area (Å²) in [5, 5.41) is 10.4. The standard InChI is InChI=1S/C20H28Cl2N6O12/c1-9(29)37-15-13(23-19(33)27(25-35)7-5-21)17(39-11(3)31)18(40-12(4)32)14(16(15)38-10(2)30)24-20(34)28(26-36)8-6-22/h13-18H,5-8H2,1-4H3,(H,23,33)(H,24,34). The second-order valence-electron chi connectivity index (χ2n) is 8.03. The van der Waals surface area contributed by atoms with Crippen molar-refractivity contribution in [3.8, 4) is 0 Å². The number of halogens is 2. The molecule has 1 fully saturated rings. The van der Waals surface area contributed by atoms with Crippen molar-refractivity contribution in [2.24, 2.45) is 10.6 Å². The molecule has 0 saturated heterocycles. The number of rotatable bonds is 12. The van der Waals surface area contributed by atoms with Crippen LogP contribution in [0, 0.1) is 9.81 Å². The van der Waals surface area contributed by atoms with Gasteiger partial charge in [0, 0.05) is 39.5 Å². The fraction of sp³-hybridized carbons (Fsp3) is 0.700. The molecule has 4 unspecified atom stereocenters. The number of nitroso groups, excluding NO2 is 2. The van der Waals surface area contributed by atoms with Crippen LogP contribution in [-0.2, 0) is 38.1 Å². The maximum Gasteiger partial charge on any atom is 0.340 e. The van der Waals surface area contributed by atoms with E-state index in [1.165, 1.54) is 0 Å². The lowest BCUT2D eigenvalue weighted by molar-refractivity contribution is -0.208. The molecule has 4 atom stereocenters. The van der Waals surface area contributed by atoms with Crippen LogP contribution < -0.4 is 10.6 Å². The molecule has 0 aromatic heterocycles. The predicted molar refractivity (Wildman–Crippen MR) is 133 cm³/mol. The summed E-state index contributed by atoms with van der Waals surface area (Å²) in [5.74, 6) is -4.36. The number of nitrogens with one attached hydrogen (secondary N) is 2. The van der Waals surface area contributed by atoms with Gasteiger partial charge in [0.2, 0.25) is 0 Å². The first kappa shape index (κ1) is 34.2. The number of urea groups is 2. The van der Waals surface area contributed by atoms with Crippen LogP contribution in [-0.4, -0.2) is 107 Å². The lowest BCUT2D eigenvalue weighted by atomic mass is 9.80. The van der Waals surface area contributed by atoms with Crippen molar-refractivity contribution in [3.05, 3.63) is 9.81 Å². The Bertz CT molecular complexity index is 868. The van der Waals surface area contributed by atoms with E-state index in [2.05, 4.69) is 21.2 Å². The molecule has 0 aliphatic heterocycles. The Labute approximate surface area is 237 Å². The monoisotopic (exact) mass is 614 g/mol. The minimum absolute atomic E-state index is 0.214. The third-order valence-electron chi connectivity index (χ3n) is 5.11. The number of hydrogen-bond donors (Lipinski definition) is 2. The lowest BCUT2D eigenvalue weighted by Gasteiger charge is -2.48. The average molecular weight is 615 g/mol. The molecule has 2 N–H and O–H groups in total. The maximum atomic E-state index is 12.8. The number of nitrogens with zero attached hydrogens (tertiary/aromatic N) is 4. The lowest BCUT2D eigenvalue weighted by Crippen LogP contribution is -2.75. The van der Waals surface area contributed by atoms with Crippen molar-refractivity contribution < 1.29 is 47.7 Å². The number of hydrogen-bond acceptors (Lipinski definition) is 14. The van der Waals surface area contributed by atoms with Gasteiger partial charge in [0.05, 0.1) is 23.7 Å². The summed E-state index contributed by atoms with van der Waals surface area (Å²) in [6, 6.07) is -5.77. The fourth-order valence-electron chi connectivity index (χ4n) is 3.80. The second kappa shape index (κ2) is 16.3. The second-order valence-corrected chi connectivity index (χ2v) is 8.79. The van der Waals surface area contributed by atoms with Gasteiger partial charge in [0.15, 0.2) is 24.4 Å². The van der Waals surface area contributed by atoms with Crippen LogP contribution in [0.4, 0.5) is 9.59 Å². The molecule has 0 heterocycles. The Kier molecular flexibility index (Phi) is 14.0. The number of esters is 4. The van der Waals surface area contributed by atoms with E-state index in [0.29, 0.717) is 10.0 Å². The van der Waals surface area contributed by atoms with Crippen LogP contribution in [0.5, 0.6) is 0 Å². The van der Waals surface area contributed by atoms with E-state index in [9.17, 15) is 38.6 Å². The summed E-state index contributed by atoms with van der Waals surface area (Å²) in [4.78, 5) is 96.4. The molecule has 20 heteroatoms. The largest absolute Gasteiger partial charge is 0.456 e. The Morgan fingerprint density at radius 3 is 1.02 bits per heavy atom. The van der Waals surface area contributed by atoms with Crippen molar-refractivity contribution in [3.63, 3.8) is 0 Å². The van der Waals surface area contributed by atoms with Crippen molar-refractivity contribution in [2.45, 2.75) is 64.2 Å². The van der Waals surface area contributed by atoms with Gasteiger partial charge in [-0.1, -0.05) is 0 Å². The quantitative estimate of drug-likeness (QED) is 0.0995. The van der Waals surface area contributed by atoms with Crippen molar-refractivity contribution in [1.29, 1.82) is 0 Å². The normalized spacial score (nSPS) is 23.4. The molecule has 0 bridgehead atoms. The first-order valence-electron chi connectivity index (χ1n) is 11.4. The summed E-state index contributed by atoms with van der Waals surface area (Å²) in [5.41, 5.74) is 0. The summed E-state index contributed by atoms with van der Waals surface area (Å²) < 4.78 is 21.3. The van der Waals surface area contributed by atoms with E-state index >= 15 is 0 Å². The summed E-state index contributed by atoms with van der Waals surface area (Å²) in [6.45, 7) is 3.11. The molecule has 4 amide bonds. The zero-order valence-electron chi connectivity index (χ0n) is 21.7. The molecule has 1 aliphatic carbocycles. The molecule has 1 aliphatic rings. The molecule has 1 saturated carbocycles. The molecule has 0 spiro atoms. The van der Waals surface area contributed by atoms with E-state index in [-0.39, 0.29) is 24.8 Å². The molecule has 18 nitrogen and oxygen atoms in total. The van der Waals surface area contributed by atoms with Gasteiger partial charge in [-0.15, -0.1) is 33.0 Å². The first-order chi connectivity index (χ1) is 18.8. The molecule has 0 radical (unpaired) electrons. The van der Waals surface area contributed by atoms with Crippen LogP contribution >= 0.6 is 23.2 Å². The zero-order chi connectivity index (χ0) is 30.6. The minimum atomic E-state index is -1.75. The number of alkyl halides is 2. The van der Waals surface area contributed by atoms with Crippen molar-refractivity contribution in [2.75, 3.05) is 24.8 Å². The van der Waals surface area contributed by atoms with Gasteiger partial charge < -0.3 is 29.6 Å². The predicted octanol–water partition coefficient (Wildman–Crippen LogP) is 0.328. The smallest absolute Gasteiger partial charge is 0.340 e. The molecule has 224 valence electrons. The van der Waals surface area contributed by atoms with Crippen molar-refractivity contribution in [1.82, 2.24) is 20.7 Å². The number of carbonyl (C=O) groups is 6. The van der Waals surface area contributed by atoms with Gasteiger partial charge in [0.25, 0.3) is 0 Å². The Balaban J connectivity index is 3.83. The Morgan fingerprint density at radius 2 is 0.850 bits per heavy atom. The van der Waals surface area contributed by atoms with Gasteiger partial charge >= 0.3 is 35.9 Å². The highest BCUT2D eigenvalue weighted by molar-refractivity contribution is 6.18. The molecule has 1 rings (SSSR count). The van der Waals surface area contributed by atoms with Crippen LogP contribution in [0.3, 0.4) is 0 Å². The van der Waals surface area contributed by atoms with Gasteiger partial charge in [-0.2, -0.15) is 10.0 Å². The highest BCUT2D eigenvalue weighted by atomic mass is 35.5. The minimum Gasteiger partial charge on any atom is -0.456 e. The van der Waals surface area contributed by atoms with Gasteiger partial charge in [-0.05, 0) is 0 Å². The molecule has 0 aromatic carbocycles.